The first-order valence-electron chi connectivity index (χ1n) is 6.46. The van der Waals surface area contributed by atoms with Crippen LogP contribution in [0.15, 0.2) is 42.5 Å². The van der Waals surface area contributed by atoms with Gasteiger partial charge in [-0.15, -0.1) is 0 Å². The maximum absolute atomic E-state index is 13.8. The number of hydrogen-bond acceptors (Lipinski definition) is 2. The first kappa shape index (κ1) is 14.1. The molecule has 0 bridgehead atoms. The molecular formula is C16H17FN2O. The highest BCUT2D eigenvalue weighted by molar-refractivity contribution is 6.06. The van der Waals surface area contributed by atoms with Gasteiger partial charge in [0.05, 0.1) is 5.56 Å². The first-order valence-corrected chi connectivity index (χ1v) is 6.46. The lowest BCUT2D eigenvalue weighted by Crippen LogP contribution is -2.31. The largest absolute Gasteiger partial charge is 0.399 e. The number of carbonyl (C=O) groups is 1. The third kappa shape index (κ3) is 2.79. The topological polar surface area (TPSA) is 46.3 Å². The Morgan fingerprint density at radius 2 is 1.85 bits per heavy atom. The van der Waals surface area contributed by atoms with E-state index in [1.54, 1.807) is 36.4 Å². The van der Waals surface area contributed by atoms with E-state index in [-0.39, 0.29) is 11.5 Å². The smallest absolute Gasteiger partial charge is 0.261 e. The normalized spacial score (nSPS) is 10.3. The Morgan fingerprint density at radius 1 is 1.20 bits per heavy atom. The van der Waals surface area contributed by atoms with Gasteiger partial charge in [0, 0.05) is 17.9 Å². The van der Waals surface area contributed by atoms with Gasteiger partial charge in [-0.25, -0.2) is 4.39 Å². The molecule has 0 aromatic heterocycles. The quantitative estimate of drug-likeness (QED) is 0.871. The zero-order valence-corrected chi connectivity index (χ0v) is 11.6. The molecule has 0 aliphatic rings. The predicted octanol–water partition coefficient (Wildman–Crippen LogP) is 3.38. The Balaban J connectivity index is 2.38. The second-order valence-corrected chi connectivity index (χ2v) is 4.62. The van der Waals surface area contributed by atoms with Crippen LogP contribution in [0.3, 0.4) is 0 Å². The molecule has 0 atom stereocenters. The van der Waals surface area contributed by atoms with Crippen LogP contribution < -0.4 is 10.6 Å². The number of nitrogens with two attached hydrogens (primary N) is 1. The van der Waals surface area contributed by atoms with Gasteiger partial charge in [-0.1, -0.05) is 11.6 Å². The molecule has 0 saturated heterocycles. The van der Waals surface area contributed by atoms with Crippen molar-refractivity contribution in [1.82, 2.24) is 0 Å². The molecule has 4 heteroatoms. The highest BCUT2D eigenvalue weighted by Crippen LogP contribution is 2.20. The van der Waals surface area contributed by atoms with Crippen LogP contribution in [0.5, 0.6) is 0 Å². The molecule has 2 aromatic rings. The molecule has 2 rings (SSSR count). The molecule has 2 N–H and O–H groups in total. The van der Waals surface area contributed by atoms with Gasteiger partial charge in [0.2, 0.25) is 0 Å². The minimum atomic E-state index is -0.505. The van der Waals surface area contributed by atoms with Crippen LogP contribution in [0.1, 0.15) is 22.8 Å². The van der Waals surface area contributed by atoms with Crippen LogP contribution in [0.2, 0.25) is 0 Å². The molecule has 0 fully saturated rings. The molecule has 0 saturated carbocycles. The van der Waals surface area contributed by atoms with Gasteiger partial charge in [-0.3, -0.25) is 4.79 Å². The SMILES string of the molecule is CCN(C(=O)c1cc(C)ccc1F)c1ccc(N)cc1. The van der Waals surface area contributed by atoms with E-state index in [9.17, 15) is 9.18 Å². The third-order valence-electron chi connectivity index (χ3n) is 3.12. The molecular weight excluding hydrogens is 255 g/mol. The fraction of sp³-hybridized carbons (Fsp3) is 0.188. The lowest BCUT2D eigenvalue weighted by molar-refractivity contribution is 0.0984. The Bertz CT molecular complexity index is 623. The molecule has 104 valence electrons. The number of nitrogen functional groups attached to an aromatic ring is 1. The zero-order chi connectivity index (χ0) is 14.7. The monoisotopic (exact) mass is 272 g/mol. The van der Waals surface area contributed by atoms with E-state index in [4.69, 9.17) is 5.73 Å². The Labute approximate surface area is 117 Å². The predicted molar refractivity (Wildman–Crippen MR) is 79.3 cm³/mol. The van der Waals surface area contributed by atoms with Crippen LogP contribution in [0.4, 0.5) is 15.8 Å². The molecule has 0 aliphatic heterocycles. The van der Waals surface area contributed by atoms with E-state index in [0.717, 1.165) is 5.56 Å². The highest BCUT2D eigenvalue weighted by atomic mass is 19.1. The minimum Gasteiger partial charge on any atom is -0.399 e. The molecule has 0 heterocycles. The lowest BCUT2D eigenvalue weighted by atomic mass is 10.1. The van der Waals surface area contributed by atoms with E-state index in [0.29, 0.717) is 17.9 Å². The average Bonchev–Trinajstić information content (AvgIpc) is 2.44. The van der Waals surface area contributed by atoms with E-state index in [2.05, 4.69) is 0 Å². The second kappa shape index (κ2) is 5.74. The number of rotatable bonds is 3. The highest BCUT2D eigenvalue weighted by Gasteiger charge is 2.19. The number of aryl methyl sites for hydroxylation is 1. The number of hydrogen-bond donors (Lipinski definition) is 1. The summed E-state index contributed by atoms with van der Waals surface area (Å²) in [5, 5.41) is 0. The van der Waals surface area contributed by atoms with E-state index in [1.165, 1.54) is 11.0 Å². The molecule has 0 radical (unpaired) electrons. The van der Waals surface area contributed by atoms with E-state index >= 15 is 0 Å². The summed E-state index contributed by atoms with van der Waals surface area (Å²) in [5.74, 6) is -0.854. The van der Waals surface area contributed by atoms with E-state index in [1.807, 2.05) is 13.8 Å². The number of anilines is 2. The van der Waals surface area contributed by atoms with Crippen LogP contribution in [-0.2, 0) is 0 Å². The van der Waals surface area contributed by atoms with Crippen molar-refractivity contribution in [2.24, 2.45) is 0 Å². The minimum absolute atomic E-state index is 0.0867. The summed E-state index contributed by atoms with van der Waals surface area (Å²) in [4.78, 5) is 14.0. The summed E-state index contributed by atoms with van der Waals surface area (Å²) in [6.45, 7) is 4.13. The number of carbonyl (C=O) groups excluding carboxylic acids is 1. The number of nitrogens with zero attached hydrogens (tertiary/aromatic N) is 1. The molecule has 0 aliphatic carbocycles. The number of amides is 1. The molecule has 0 spiro atoms. The molecule has 20 heavy (non-hydrogen) atoms. The van der Waals surface area contributed by atoms with Gasteiger partial charge >= 0.3 is 0 Å². The van der Waals surface area contributed by atoms with Crippen LogP contribution in [0.25, 0.3) is 0 Å². The zero-order valence-electron chi connectivity index (χ0n) is 11.6. The van der Waals surface area contributed by atoms with Crippen molar-refractivity contribution < 1.29 is 9.18 Å². The standard InChI is InChI=1S/C16H17FN2O/c1-3-19(13-7-5-12(18)6-8-13)16(20)14-10-11(2)4-9-15(14)17/h4-10H,3,18H2,1-2H3. The van der Waals surface area contributed by atoms with Crippen molar-refractivity contribution in [3.63, 3.8) is 0 Å². The summed E-state index contributed by atoms with van der Waals surface area (Å²) < 4.78 is 13.8. The Hall–Kier alpha value is -2.36. The van der Waals surface area contributed by atoms with Crippen molar-refractivity contribution in [3.05, 3.63) is 59.4 Å². The number of halogens is 1. The van der Waals surface area contributed by atoms with Gasteiger partial charge < -0.3 is 10.6 Å². The van der Waals surface area contributed by atoms with Crippen molar-refractivity contribution in [2.75, 3.05) is 17.2 Å². The van der Waals surface area contributed by atoms with Crippen LogP contribution in [-0.4, -0.2) is 12.5 Å². The molecule has 0 unspecified atom stereocenters. The molecule has 2 aromatic carbocycles. The van der Waals surface area contributed by atoms with Gasteiger partial charge in [0.25, 0.3) is 5.91 Å². The summed E-state index contributed by atoms with van der Waals surface area (Å²) in [7, 11) is 0. The maximum Gasteiger partial charge on any atom is 0.261 e. The summed E-state index contributed by atoms with van der Waals surface area (Å²) in [6, 6.07) is 11.5. The Kier molecular flexibility index (Phi) is 4.03. The molecule has 3 nitrogen and oxygen atoms in total. The summed E-state index contributed by atoms with van der Waals surface area (Å²) in [6.07, 6.45) is 0. The van der Waals surface area contributed by atoms with Gasteiger partial charge in [-0.05, 0) is 50.2 Å². The van der Waals surface area contributed by atoms with Gasteiger partial charge in [0.15, 0.2) is 0 Å². The maximum atomic E-state index is 13.8. The fourth-order valence-corrected chi connectivity index (χ4v) is 2.05. The average molecular weight is 272 g/mol. The van der Waals surface area contributed by atoms with E-state index < -0.39 is 5.82 Å². The third-order valence-corrected chi connectivity index (χ3v) is 3.12. The van der Waals surface area contributed by atoms with Crippen molar-refractivity contribution in [2.45, 2.75) is 13.8 Å². The Morgan fingerprint density at radius 3 is 2.45 bits per heavy atom. The fourth-order valence-electron chi connectivity index (χ4n) is 2.05. The summed E-state index contributed by atoms with van der Waals surface area (Å²) in [5.41, 5.74) is 7.90. The van der Waals surface area contributed by atoms with Crippen LogP contribution in [0, 0.1) is 12.7 Å². The first-order chi connectivity index (χ1) is 9.52. The lowest BCUT2D eigenvalue weighted by Gasteiger charge is -2.21. The molecule has 1 amide bonds. The second-order valence-electron chi connectivity index (χ2n) is 4.62. The van der Waals surface area contributed by atoms with Gasteiger partial charge in [-0.2, -0.15) is 0 Å². The number of benzene rings is 2. The van der Waals surface area contributed by atoms with Crippen molar-refractivity contribution in [1.29, 1.82) is 0 Å². The van der Waals surface area contributed by atoms with Gasteiger partial charge in [0.1, 0.15) is 5.82 Å². The van der Waals surface area contributed by atoms with Crippen molar-refractivity contribution in [3.8, 4) is 0 Å². The van der Waals surface area contributed by atoms with Crippen molar-refractivity contribution >= 4 is 17.3 Å². The van der Waals surface area contributed by atoms with Crippen LogP contribution >= 0.6 is 0 Å². The summed E-state index contributed by atoms with van der Waals surface area (Å²) >= 11 is 0.